The molecule has 53 heavy (non-hydrogen) atoms. The first-order chi connectivity index (χ1) is 25.7. The Labute approximate surface area is 322 Å². The van der Waals surface area contributed by atoms with E-state index in [1.807, 2.05) is 0 Å². The zero-order valence-corrected chi connectivity index (χ0v) is 34.1. The minimum atomic E-state index is -4.63. The molecule has 0 aromatic carbocycles. The maximum atomic E-state index is 12.6. The van der Waals surface area contributed by atoms with Gasteiger partial charge in [-0.3, -0.25) is 18.6 Å². The van der Waals surface area contributed by atoms with Crippen molar-refractivity contribution in [2.24, 2.45) is 0 Å². The topological polar surface area (TPSA) is 149 Å². The van der Waals surface area contributed by atoms with E-state index in [9.17, 15) is 24.2 Å². The predicted molar refractivity (Wildman–Crippen MR) is 214 cm³/mol. The molecule has 10 nitrogen and oxygen atoms in total. The molecule has 0 amide bonds. The van der Waals surface area contributed by atoms with Crippen LogP contribution in [0.15, 0.2) is 48.6 Å². The fourth-order valence-corrected chi connectivity index (χ4v) is 6.02. The monoisotopic (exact) mass is 771 g/mol. The van der Waals surface area contributed by atoms with Crippen LogP contribution < -0.4 is 0 Å². The van der Waals surface area contributed by atoms with E-state index in [-0.39, 0.29) is 19.4 Å². The Morgan fingerprint density at radius 3 is 1.57 bits per heavy atom. The normalized spacial score (nSPS) is 14.4. The Hall–Kier alpha value is -2.07. The van der Waals surface area contributed by atoms with Crippen molar-refractivity contribution in [1.29, 1.82) is 0 Å². The number of rotatable bonds is 38. The SMILES string of the molecule is CCCCCC=CCC=CCC=CCCCCC(=O)OC[C@H](COP(=O)(O)OC[C@@H](O)CO)OC(=O)CCCCCCCC=CCCCCCCCC. The second-order valence-corrected chi connectivity index (χ2v) is 15.1. The van der Waals surface area contributed by atoms with Gasteiger partial charge in [-0.25, -0.2) is 4.57 Å². The van der Waals surface area contributed by atoms with Gasteiger partial charge in [0.25, 0.3) is 0 Å². The molecule has 0 aliphatic rings. The molecule has 0 spiro atoms. The van der Waals surface area contributed by atoms with Gasteiger partial charge in [0, 0.05) is 12.8 Å². The van der Waals surface area contributed by atoms with Gasteiger partial charge >= 0.3 is 19.8 Å². The lowest BCUT2D eigenvalue weighted by Crippen LogP contribution is -2.29. The van der Waals surface area contributed by atoms with Crippen LogP contribution in [0.2, 0.25) is 0 Å². The van der Waals surface area contributed by atoms with Crippen molar-refractivity contribution in [2.45, 2.75) is 180 Å². The predicted octanol–water partition coefficient (Wildman–Crippen LogP) is 10.6. The summed E-state index contributed by atoms with van der Waals surface area (Å²) < 4.78 is 32.6. The van der Waals surface area contributed by atoms with Crippen molar-refractivity contribution in [1.82, 2.24) is 0 Å². The largest absolute Gasteiger partial charge is 0.472 e. The van der Waals surface area contributed by atoms with Gasteiger partial charge in [0.15, 0.2) is 6.10 Å². The molecule has 0 aliphatic carbocycles. The Balaban J connectivity index is 4.42. The van der Waals surface area contributed by atoms with Crippen LogP contribution in [0.4, 0.5) is 0 Å². The quantitative estimate of drug-likeness (QED) is 0.0240. The van der Waals surface area contributed by atoms with Crippen LogP contribution in [0, 0.1) is 0 Å². The van der Waals surface area contributed by atoms with E-state index < -0.39 is 51.8 Å². The number of phosphoric acid groups is 1. The van der Waals surface area contributed by atoms with E-state index in [4.69, 9.17) is 19.1 Å². The van der Waals surface area contributed by atoms with Gasteiger partial charge in [0.2, 0.25) is 0 Å². The van der Waals surface area contributed by atoms with Crippen molar-refractivity contribution in [3.63, 3.8) is 0 Å². The second-order valence-electron chi connectivity index (χ2n) is 13.7. The van der Waals surface area contributed by atoms with E-state index in [1.54, 1.807) is 0 Å². The molecule has 0 bridgehead atoms. The molecule has 11 heteroatoms. The summed E-state index contributed by atoms with van der Waals surface area (Å²) in [6, 6.07) is 0. The molecule has 3 N–H and O–H groups in total. The number of carbonyl (C=O) groups is 2. The number of aliphatic hydroxyl groups is 2. The van der Waals surface area contributed by atoms with Crippen LogP contribution in [0.3, 0.4) is 0 Å². The molecular formula is C42H75O10P. The zero-order valence-electron chi connectivity index (χ0n) is 33.2. The number of allylic oxidation sites excluding steroid dienone is 8. The van der Waals surface area contributed by atoms with Crippen LogP contribution in [0.1, 0.15) is 168 Å². The number of aliphatic hydroxyl groups excluding tert-OH is 2. The molecule has 308 valence electrons. The van der Waals surface area contributed by atoms with E-state index in [1.165, 1.54) is 57.8 Å². The van der Waals surface area contributed by atoms with Crippen LogP contribution in [0.5, 0.6) is 0 Å². The first-order valence-corrected chi connectivity index (χ1v) is 22.1. The van der Waals surface area contributed by atoms with E-state index in [0.717, 1.165) is 70.6 Å². The lowest BCUT2D eigenvalue weighted by Gasteiger charge is -2.20. The average Bonchev–Trinajstić information content (AvgIpc) is 3.14. The van der Waals surface area contributed by atoms with Gasteiger partial charge in [0.05, 0.1) is 19.8 Å². The molecule has 0 rings (SSSR count). The molecule has 0 radical (unpaired) electrons. The van der Waals surface area contributed by atoms with Gasteiger partial charge in [-0.2, -0.15) is 0 Å². The first-order valence-electron chi connectivity index (χ1n) is 20.6. The fraction of sp³-hybridized carbons (Fsp3) is 0.762. The Morgan fingerprint density at radius 1 is 0.566 bits per heavy atom. The average molecular weight is 771 g/mol. The number of hydrogen-bond donors (Lipinski definition) is 3. The van der Waals surface area contributed by atoms with Crippen molar-refractivity contribution in [2.75, 3.05) is 26.4 Å². The fourth-order valence-electron chi connectivity index (χ4n) is 5.23. The van der Waals surface area contributed by atoms with E-state index in [0.29, 0.717) is 12.8 Å². The highest BCUT2D eigenvalue weighted by atomic mass is 31.2. The second kappa shape index (κ2) is 38.2. The smallest absolute Gasteiger partial charge is 0.462 e. The zero-order chi connectivity index (χ0) is 39.1. The van der Waals surface area contributed by atoms with Gasteiger partial charge < -0.3 is 24.6 Å². The molecule has 0 aromatic rings. The third-order valence-corrected chi connectivity index (χ3v) is 9.41. The van der Waals surface area contributed by atoms with Crippen molar-refractivity contribution in [3.05, 3.63) is 48.6 Å². The molecule has 0 saturated carbocycles. The Bertz CT molecular complexity index is 1030. The number of esters is 2. The number of ether oxygens (including phenoxy) is 2. The van der Waals surface area contributed by atoms with Gasteiger partial charge in [-0.1, -0.05) is 127 Å². The number of hydrogen-bond acceptors (Lipinski definition) is 9. The third-order valence-electron chi connectivity index (χ3n) is 8.46. The van der Waals surface area contributed by atoms with Gasteiger partial charge in [0.1, 0.15) is 12.7 Å². The standard InChI is InChI=1S/C42H75O10P/c1-3-5-7-9-11-13-15-17-19-21-23-25-27-29-31-33-41(45)49-37-40(38-51-53(47,48)50-36-39(44)35-43)52-42(46)34-32-30-28-26-24-22-20-18-16-14-12-10-8-6-4-2/h11,13,17-20,23,25,39-40,43-44H,3-10,12,14-16,21-22,24,26-38H2,1-2H3,(H,47,48)/t39-,40+/m0/s1. The number of carbonyl (C=O) groups excluding carboxylic acids is 2. The lowest BCUT2D eigenvalue weighted by atomic mass is 10.1. The molecule has 0 heterocycles. The molecule has 0 aromatic heterocycles. The summed E-state index contributed by atoms with van der Waals surface area (Å²) in [6.07, 6.45) is 39.3. The van der Waals surface area contributed by atoms with E-state index in [2.05, 4.69) is 67.0 Å². The maximum Gasteiger partial charge on any atom is 0.472 e. The molecule has 1 unspecified atom stereocenters. The maximum absolute atomic E-state index is 12.6. The molecule has 0 fully saturated rings. The summed E-state index contributed by atoms with van der Waals surface area (Å²) in [5, 5.41) is 18.3. The highest BCUT2D eigenvalue weighted by molar-refractivity contribution is 7.47. The first kappa shape index (κ1) is 50.9. The minimum absolute atomic E-state index is 0.165. The Morgan fingerprint density at radius 2 is 0.981 bits per heavy atom. The summed E-state index contributed by atoms with van der Waals surface area (Å²) in [5.41, 5.74) is 0. The van der Waals surface area contributed by atoms with Crippen LogP contribution >= 0.6 is 7.82 Å². The number of phosphoric ester groups is 1. The van der Waals surface area contributed by atoms with Crippen LogP contribution in [-0.4, -0.2) is 65.7 Å². The molecule has 3 atom stereocenters. The van der Waals surface area contributed by atoms with E-state index >= 15 is 0 Å². The highest BCUT2D eigenvalue weighted by Gasteiger charge is 2.27. The molecule has 0 aliphatic heterocycles. The van der Waals surface area contributed by atoms with Crippen LogP contribution in [-0.2, 0) is 32.7 Å². The summed E-state index contributed by atoms with van der Waals surface area (Å²) in [6.45, 7) is 2.28. The van der Waals surface area contributed by atoms with Crippen molar-refractivity contribution in [3.8, 4) is 0 Å². The van der Waals surface area contributed by atoms with Gasteiger partial charge in [-0.05, 0) is 77.0 Å². The molecule has 0 saturated heterocycles. The minimum Gasteiger partial charge on any atom is -0.462 e. The third kappa shape index (κ3) is 38.0. The Kier molecular flexibility index (Phi) is 36.7. The summed E-state index contributed by atoms with van der Waals surface area (Å²) in [5.74, 6) is -0.982. The molecular weight excluding hydrogens is 695 g/mol. The van der Waals surface area contributed by atoms with Crippen molar-refractivity contribution < 1.29 is 47.8 Å². The highest BCUT2D eigenvalue weighted by Crippen LogP contribution is 2.43. The summed E-state index contributed by atoms with van der Waals surface area (Å²) in [4.78, 5) is 34.9. The summed E-state index contributed by atoms with van der Waals surface area (Å²) in [7, 11) is -4.63. The van der Waals surface area contributed by atoms with Crippen LogP contribution in [0.25, 0.3) is 0 Å². The summed E-state index contributed by atoms with van der Waals surface area (Å²) >= 11 is 0. The van der Waals surface area contributed by atoms with Crippen molar-refractivity contribution >= 4 is 19.8 Å². The van der Waals surface area contributed by atoms with Gasteiger partial charge in [-0.15, -0.1) is 0 Å². The number of unbranched alkanes of at least 4 members (excludes halogenated alkanes) is 16. The lowest BCUT2D eigenvalue weighted by molar-refractivity contribution is -0.161.